The standard InChI is InChI=1S/C20H22N6O3/c1-28-16-4-3-13(7-17(16)29-2)8-20(27)26-14-9-15(26)11-24(10-14)19-6-5-18-22-21-12-25(18)23-19/h3-7,12,14-15H,8-11H2,1-2H3. The fraction of sp³-hybridized carbons (Fsp3) is 0.400. The molecular weight excluding hydrogens is 372 g/mol. The van der Waals surface area contributed by atoms with E-state index in [1.807, 2.05) is 35.2 Å². The van der Waals surface area contributed by atoms with E-state index in [9.17, 15) is 4.79 Å². The highest BCUT2D eigenvalue weighted by Gasteiger charge is 2.47. The normalized spacial score (nSPS) is 20.5. The number of piperidine rings is 1. The molecule has 3 saturated heterocycles. The van der Waals surface area contributed by atoms with Crippen molar-refractivity contribution in [1.82, 2.24) is 24.7 Å². The van der Waals surface area contributed by atoms with Crippen LogP contribution in [0, 0.1) is 0 Å². The molecule has 6 rings (SSSR count). The zero-order valence-corrected chi connectivity index (χ0v) is 16.4. The Hall–Kier alpha value is -3.36. The molecule has 2 atom stereocenters. The second-order valence-corrected chi connectivity index (χ2v) is 7.44. The summed E-state index contributed by atoms with van der Waals surface area (Å²) in [6.07, 6.45) is 3.00. The highest BCUT2D eigenvalue weighted by Crippen LogP contribution is 2.35. The number of benzene rings is 1. The molecule has 2 bridgehead atoms. The van der Waals surface area contributed by atoms with Gasteiger partial charge in [0.25, 0.3) is 0 Å². The number of anilines is 1. The number of ether oxygens (including phenoxy) is 2. The first-order valence-electron chi connectivity index (χ1n) is 9.60. The number of hydrogen-bond donors (Lipinski definition) is 0. The third-order valence-corrected chi connectivity index (χ3v) is 5.76. The summed E-state index contributed by atoms with van der Waals surface area (Å²) in [5.41, 5.74) is 1.65. The average Bonchev–Trinajstić information content (AvgIpc) is 3.21. The van der Waals surface area contributed by atoms with Gasteiger partial charge < -0.3 is 19.3 Å². The van der Waals surface area contributed by atoms with Gasteiger partial charge in [0.15, 0.2) is 17.1 Å². The molecule has 5 heterocycles. The SMILES string of the molecule is COc1ccc(CC(=O)N2C3CC2CN(c2ccc4nncn4n2)C3)cc1OC. The maximum atomic E-state index is 12.9. The first-order valence-corrected chi connectivity index (χ1v) is 9.60. The maximum absolute atomic E-state index is 12.9. The van der Waals surface area contributed by atoms with Gasteiger partial charge in [-0.2, -0.15) is 4.52 Å². The Bertz CT molecular complexity index is 1060. The predicted octanol–water partition coefficient (Wildman–Crippen LogP) is 1.17. The third kappa shape index (κ3) is 3.02. The topological polar surface area (TPSA) is 85.1 Å². The molecule has 0 radical (unpaired) electrons. The highest BCUT2D eigenvalue weighted by atomic mass is 16.5. The minimum Gasteiger partial charge on any atom is -0.493 e. The Morgan fingerprint density at radius 3 is 2.66 bits per heavy atom. The van der Waals surface area contributed by atoms with Crippen molar-refractivity contribution in [1.29, 1.82) is 0 Å². The lowest BCUT2D eigenvalue weighted by atomic mass is 9.86. The molecule has 3 aliphatic rings. The zero-order chi connectivity index (χ0) is 20.0. The van der Waals surface area contributed by atoms with Crippen LogP contribution in [0.5, 0.6) is 11.5 Å². The van der Waals surface area contributed by atoms with Crippen LogP contribution in [0.1, 0.15) is 12.0 Å². The highest BCUT2D eigenvalue weighted by molar-refractivity contribution is 5.81. The molecule has 29 heavy (non-hydrogen) atoms. The Labute approximate surface area is 167 Å². The number of carbonyl (C=O) groups is 1. The van der Waals surface area contributed by atoms with Crippen LogP contribution < -0.4 is 14.4 Å². The second kappa shape index (κ2) is 6.91. The van der Waals surface area contributed by atoms with Gasteiger partial charge in [0.05, 0.1) is 32.7 Å². The van der Waals surface area contributed by atoms with Gasteiger partial charge in [-0.15, -0.1) is 15.3 Å². The molecule has 150 valence electrons. The summed E-state index contributed by atoms with van der Waals surface area (Å²) in [5, 5.41) is 12.4. The minimum absolute atomic E-state index is 0.153. The van der Waals surface area contributed by atoms with E-state index in [0.717, 1.165) is 36.5 Å². The molecule has 2 aromatic heterocycles. The molecule has 3 fully saturated rings. The summed E-state index contributed by atoms with van der Waals surface area (Å²) in [7, 11) is 3.20. The van der Waals surface area contributed by atoms with E-state index in [0.29, 0.717) is 17.9 Å². The van der Waals surface area contributed by atoms with Crippen molar-refractivity contribution >= 4 is 17.4 Å². The van der Waals surface area contributed by atoms with Gasteiger partial charge in [-0.1, -0.05) is 6.07 Å². The number of fused-ring (bicyclic) bond motifs is 3. The predicted molar refractivity (Wildman–Crippen MR) is 105 cm³/mol. The van der Waals surface area contributed by atoms with Crippen LogP contribution in [-0.4, -0.2) is 70.0 Å². The van der Waals surface area contributed by atoms with Gasteiger partial charge >= 0.3 is 0 Å². The van der Waals surface area contributed by atoms with Crippen LogP contribution in [-0.2, 0) is 11.2 Å². The number of aromatic nitrogens is 4. The van der Waals surface area contributed by atoms with Crippen molar-refractivity contribution in [2.45, 2.75) is 24.9 Å². The number of rotatable bonds is 5. The molecule has 0 N–H and O–H groups in total. The zero-order valence-electron chi connectivity index (χ0n) is 16.4. The molecule has 9 heteroatoms. The largest absolute Gasteiger partial charge is 0.493 e. The van der Waals surface area contributed by atoms with Gasteiger partial charge in [-0.25, -0.2) is 0 Å². The van der Waals surface area contributed by atoms with Crippen molar-refractivity contribution in [3.63, 3.8) is 0 Å². The summed E-state index contributed by atoms with van der Waals surface area (Å²) in [5.74, 6) is 2.35. The smallest absolute Gasteiger partial charge is 0.227 e. The fourth-order valence-electron chi connectivity index (χ4n) is 4.35. The number of nitrogens with zero attached hydrogens (tertiary/aromatic N) is 6. The van der Waals surface area contributed by atoms with E-state index in [-0.39, 0.29) is 18.0 Å². The quantitative estimate of drug-likeness (QED) is 0.642. The first-order chi connectivity index (χ1) is 14.2. The Morgan fingerprint density at radius 1 is 1.10 bits per heavy atom. The van der Waals surface area contributed by atoms with E-state index < -0.39 is 0 Å². The first kappa shape index (κ1) is 17.7. The van der Waals surface area contributed by atoms with Gasteiger partial charge in [-0.3, -0.25) is 4.79 Å². The number of carbonyl (C=O) groups excluding carboxylic acids is 1. The van der Waals surface area contributed by atoms with Crippen molar-refractivity contribution in [3.05, 3.63) is 42.2 Å². The minimum atomic E-state index is 0.153. The average molecular weight is 394 g/mol. The van der Waals surface area contributed by atoms with Crippen molar-refractivity contribution in [2.24, 2.45) is 0 Å². The molecule has 1 aromatic carbocycles. The van der Waals surface area contributed by atoms with E-state index in [4.69, 9.17) is 9.47 Å². The van der Waals surface area contributed by atoms with Crippen LogP contribution in [0.4, 0.5) is 5.82 Å². The number of methoxy groups -OCH3 is 2. The number of amides is 1. The summed E-state index contributed by atoms with van der Waals surface area (Å²) >= 11 is 0. The summed E-state index contributed by atoms with van der Waals surface area (Å²) in [6, 6.07) is 9.95. The molecule has 9 nitrogen and oxygen atoms in total. The monoisotopic (exact) mass is 394 g/mol. The molecular formula is C20H22N6O3. The summed E-state index contributed by atoms with van der Waals surface area (Å²) < 4.78 is 12.3. The van der Waals surface area contributed by atoms with Gasteiger partial charge in [0.2, 0.25) is 5.91 Å². The molecule has 0 saturated carbocycles. The van der Waals surface area contributed by atoms with Crippen molar-refractivity contribution in [3.8, 4) is 11.5 Å². The Kier molecular flexibility index (Phi) is 4.22. The Balaban J connectivity index is 1.26. The van der Waals surface area contributed by atoms with Gasteiger partial charge in [0.1, 0.15) is 12.1 Å². The molecule has 0 aliphatic carbocycles. The summed E-state index contributed by atoms with van der Waals surface area (Å²) in [4.78, 5) is 17.2. The summed E-state index contributed by atoms with van der Waals surface area (Å²) in [6.45, 7) is 1.57. The van der Waals surface area contributed by atoms with E-state index in [2.05, 4.69) is 20.2 Å². The maximum Gasteiger partial charge on any atom is 0.227 e. The van der Waals surface area contributed by atoms with Gasteiger partial charge in [0, 0.05) is 13.1 Å². The van der Waals surface area contributed by atoms with Crippen molar-refractivity contribution in [2.75, 3.05) is 32.2 Å². The molecule has 2 unspecified atom stereocenters. The molecule has 0 spiro atoms. The third-order valence-electron chi connectivity index (χ3n) is 5.76. The van der Waals surface area contributed by atoms with E-state index in [1.165, 1.54) is 0 Å². The fourth-order valence-corrected chi connectivity index (χ4v) is 4.35. The molecule has 3 aromatic rings. The lowest BCUT2D eigenvalue weighted by Crippen LogP contribution is -2.70. The molecule has 3 aliphatic heterocycles. The Morgan fingerprint density at radius 2 is 1.90 bits per heavy atom. The van der Waals surface area contributed by atoms with Crippen LogP contribution >= 0.6 is 0 Å². The van der Waals surface area contributed by atoms with E-state index >= 15 is 0 Å². The number of piperazine rings is 1. The molecule has 1 amide bonds. The van der Waals surface area contributed by atoms with Crippen LogP contribution in [0.15, 0.2) is 36.7 Å². The van der Waals surface area contributed by atoms with Crippen molar-refractivity contribution < 1.29 is 14.3 Å². The second-order valence-electron chi connectivity index (χ2n) is 7.44. The van der Waals surface area contributed by atoms with Gasteiger partial charge in [-0.05, 0) is 36.2 Å². The van der Waals surface area contributed by atoms with E-state index in [1.54, 1.807) is 25.1 Å². The van der Waals surface area contributed by atoms with Crippen LogP contribution in [0.25, 0.3) is 5.65 Å². The number of hydrogen-bond acceptors (Lipinski definition) is 7. The lowest BCUT2D eigenvalue weighted by molar-refractivity contribution is -0.145. The van der Waals surface area contributed by atoms with Crippen LogP contribution in [0.3, 0.4) is 0 Å². The van der Waals surface area contributed by atoms with Crippen LogP contribution in [0.2, 0.25) is 0 Å². The lowest BCUT2D eigenvalue weighted by Gasteiger charge is -2.56.